The van der Waals surface area contributed by atoms with Crippen molar-refractivity contribution in [1.29, 1.82) is 0 Å². The zero-order valence-corrected chi connectivity index (χ0v) is 15.6. The number of halogens is 1. The third-order valence-corrected chi connectivity index (χ3v) is 5.86. The first-order chi connectivity index (χ1) is 11.7. The lowest BCUT2D eigenvalue weighted by atomic mass is 9.98. The highest BCUT2D eigenvalue weighted by atomic mass is 32.2. The van der Waals surface area contributed by atoms with Gasteiger partial charge in [0.2, 0.25) is 10.0 Å². The molecule has 2 rings (SSSR count). The van der Waals surface area contributed by atoms with Gasteiger partial charge in [0.1, 0.15) is 10.5 Å². The van der Waals surface area contributed by atoms with Crippen molar-refractivity contribution in [2.45, 2.75) is 25.9 Å². The van der Waals surface area contributed by atoms with Gasteiger partial charge in [0.25, 0.3) is 5.91 Å². The van der Waals surface area contributed by atoms with Gasteiger partial charge in [-0.3, -0.25) is 4.79 Å². The second kappa shape index (κ2) is 8.07. The maximum Gasteiger partial charge on any atom is 0.266 e. The first kappa shape index (κ1) is 19.6. The van der Waals surface area contributed by atoms with Crippen LogP contribution in [0.5, 0.6) is 0 Å². The third-order valence-electron chi connectivity index (χ3n) is 3.52. The fraction of sp³-hybridized carbons (Fsp3) is 0.353. The molecular formula is C17H20FN2O3S2. The number of amides is 1. The van der Waals surface area contributed by atoms with Crippen molar-refractivity contribution in [2.24, 2.45) is 0 Å². The monoisotopic (exact) mass is 383 g/mol. The van der Waals surface area contributed by atoms with E-state index in [2.05, 4.69) is 16.1 Å². The summed E-state index contributed by atoms with van der Waals surface area (Å²) in [5.74, 6) is -0.313. The number of carbonyl (C=O) groups excluding carboxylic acids is 1. The Kier molecular flexibility index (Phi) is 6.31. The summed E-state index contributed by atoms with van der Waals surface area (Å²) in [5.41, 5.74) is -1.00. The Bertz CT molecular complexity index is 801. The van der Waals surface area contributed by atoms with E-state index in [0.29, 0.717) is 22.5 Å². The van der Waals surface area contributed by atoms with Crippen LogP contribution in [0.15, 0.2) is 35.7 Å². The molecule has 2 N–H and O–H groups in total. The van der Waals surface area contributed by atoms with Crippen molar-refractivity contribution >= 4 is 33.0 Å². The summed E-state index contributed by atoms with van der Waals surface area (Å²) in [6.07, 6.45) is 0.467. The molecule has 0 saturated heterocycles. The minimum absolute atomic E-state index is 0.0339. The van der Waals surface area contributed by atoms with E-state index in [1.807, 2.05) is 0 Å². The quantitative estimate of drug-likeness (QED) is 0.734. The van der Waals surface area contributed by atoms with Crippen LogP contribution in [0, 0.1) is 6.07 Å². The van der Waals surface area contributed by atoms with Crippen molar-refractivity contribution < 1.29 is 17.6 Å². The first-order valence-corrected chi connectivity index (χ1v) is 10.3. The van der Waals surface area contributed by atoms with Crippen LogP contribution in [0.1, 0.15) is 35.5 Å². The lowest BCUT2D eigenvalue weighted by Gasteiger charge is -2.21. The maximum absolute atomic E-state index is 14.8. The number of alkyl halides is 1. The van der Waals surface area contributed by atoms with E-state index in [1.54, 1.807) is 30.5 Å². The van der Waals surface area contributed by atoms with Crippen molar-refractivity contribution in [3.63, 3.8) is 0 Å². The van der Waals surface area contributed by atoms with Gasteiger partial charge in [0, 0.05) is 18.3 Å². The minimum Gasteiger partial charge on any atom is -0.321 e. The molecule has 0 saturated carbocycles. The number of thiophene rings is 1. The van der Waals surface area contributed by atoms with Gasteiger partial charge in [-0.15, -0.1) is 11.3 Å². The Morgan fingerprint density at radius 3 is 2.56 bits per heavy atom. The number of carbonyl (C=O) groups is 1. The molecule has 135 valence electrons. The molecule has 1 aromatic heterocycles. The van der Waals surface area contributed by atoms with Crippen LogP contribution in [0.25, 0.3) is 0 Å². The highest BCUT2D eigenvalue weighted by Crippen LogP contribution is 2.26. The van der Waals surface area contributed by atoms with Crippen LogP contribution in [-0.2, 0) is 15.7 Å². The number of nitrogens with one attached hydrogen (secondary N) is 2. The summed E-state index contributed by atoms with van der Waals surface area (Å²) < 4.78 is 40.4. The highest BCUT2D eigenvalue weighted by molar-refractivity contribution is 7.89. The summed E-state index contributed by atoms with van der Waals surface area (Å²) in [6, 6.07) is 10.7. The molecule has 0 aliphatic rings. The second-order valence-electron chi connectivity index (χ2n) is 5.76. The van der Waals surface area contributed by atoms with Gasteiger partial charge >= 0.3 is 0 Å². The van der Waals surface area contributed by atoms with E-state index in [0.717, 1.165) is 0 Å². The number of benzene rings is 1. The molecule has 1 heterocycles. The molecule has 0 bridgehead atoms. The zero-order valence-electron chi connectivity index (χ0n) is 14.0. The number of rotatable bonds is 8. The topological polar surface area (TPSA) is 75.3 Å². The molecule has 0 spiro atoms. The molecule has 2 aromatic rings. The number of hydrogen-bond acceptors (Lipinski definition) is 4. The van der Waals surface area contributed by atoms with E-state index >= 15 is 0 Å². The van der Waals surface area contributed by atoms with Gasteiger partial charge in [-0.2, -0.15) is 0 Å². The standard InChI is InChI=1S/C17H20FN2O3S2/c1-3-11-25(22,23)19-12-17(2,18)13-6-8-14(9-7-13)20-16(21)15-5-4-10-24-15/h4,6-10,19H,3,11-12H2,1-2H3,(H,20,21). The van der Waals surface area contributed by atoms with Gasteiger partial charge in [-0.25, -0.2) is 17.5 Å². The summed E-state index contributed by atoms with van der Waals surface area (Å²) in [6.45, 7) is 2.72. The summed E-state index contributed by atoms with van der Waals surface area (Å²) in [7, 11) is -3.47. The fourth-order valence-electron chi connectivity index (χ4n) is 2.14. The molecule has 1 aromatic carbocycles. The molecule has 1 atom stereocenters. The lowest BCUT2D eigenvalue weighted by molar-refractivity contribution is 0.103. The largest absolute Gasteiger partial charge is 0.321 e. The fourth-order valence-corrected chi connectivity index (χ4v) is 3.88. The molecule has 1 unspecified atom stereocenters. The summed E-state index contributed by atoms with van der Waals surface area (Å²) >= 11 is 1.28. The molecular weight excluding hydrogens is 363 g/mol. The van der Waals surface area contributed by atoms with Crippen LogP contribution in [0.2, 0.25) is 0 Å². The molecule has 8 heteroatoms. The number of hydrogen-bond donors (Lipinski definition) is 2. The predicted molar refractivity (Wildman–Crippen MR) is 98.1 cm³/mol. The van der Waals surface area contributed by atoms with E-state index in [1.165, 1.54) is 30.4 Å². The van der Waals surface area contributed by atoms with Gasteiger partial charge in [0.15, 0.2) is 0 Å². The Morgan fingerprint density at radius 2 is 2.00 bits per heavy atom. The summed E-state index contributed by atoms with van der Waals surface area (Å²) in [4.78, 5) is 12.4. The summed E-state index contributed by atoms with van der Waals surface area (Å²) in [5, 5.41) is 4.46. The van der Waals surface area contributed by atoms with E-state index < -0.39 is 15.7 Å². The van der Waals surface area contributed by atoms with Gasteiger partial charge in [0.05, 0.1) is 5.75 Å². The molecule has 0 aliphatic heterocycles. The Morgan fingerprint density at radius 1 is 1.32 bits per heavy atom. The zero-order chi connectivity index (χ0) is 18.5. The van der Waals surface area contributed by atoms with Crippen molar-refractivity contribution in [3.8, 4) is 0 Å². The lowest BCUT2D eigenvalue weighted by Crippen LogP contribution is -2.36. The normalized spacial score (nSPS) is 14.0. The molecule has 5 nitrogen and oxygen atoms in total. The Hall–Kier alpha value is -1.77. The Labute approximate surface area is 151 Å². The number of anilines is 1. The highest BCUT2D eigenvalue weighted by Gasteiger charge is 2.27. The van der Waals surface area contributed by atoms with E-state index in [9.17, 15) is 17.6 Å². The van der Waals surface area contributed by atoms with Crippen molar-refractivity contribution in [1.82, 2.24) is 4.72 Å². The van der Waals surface area contributed by atoms with E-state index in [4.69, 9.17) is 0 Å². The van der Waals surface area contributed by atoms with Crippen LogP contribution >= 0.6 is 11.3 Å². The van der Waals surface area contributed by atoms with Crippen LogP contribution in [0.4, 0.5) is 10.1 Å². The Balaban J connectivity index is 2.01. The third kappa shape index (κ3) is 5.62. The van der Waals surface area contributed by atoms with Gasteiger partial charge < -0.3 is 5.32 Å². The maximum atomic E-state index is 14.8. The smallest absolute Gasteiger partial charge is 0.266 e. The van der Waals surface area contributed by atoms with Gasteiger partial charge in [-0.05, 0) is 42.5 Å². The van der Waals surface area contributed by atoms with Crippen molar-refractivity contribution in [3.05, 3.63) is 52.2 Å². The predicted octanol–water partition coefficient (Wildman–Crippen LogP) is 3.31. The van der Waals surface area contributed by atoms with Crippen molar-refractivity contribution in [2.75, 3.05) is 17.6 Å². The van der Waals surface area contributed by atoms with Crippen LogP contribution in [-0.4, -0.2) is 26.6 Å². The molecule has 0 aliphatic carbocycles. The van der Waals surface area contributed by atoms with E-state index in [-0.39, 0.29) is 18.2 Å². The first-order valence-electron chi connectivity index (χ1n) is 7.77. The molecule has 1 amide bonds. The van der Waals surface area contributed by atoms with Crippen LogP contribution < -0.4 is 10.0 Å². The molecule has 1 radical (unpaired) electrons. The second-order valence-corrected chi connectivity index (χ2v) is 8.61. The minimum atomic E-state index is -3.47. The number of sulfonamides is 1. The molecule has 0 fully saturated rings. The average molecular weight is 383 g/mol. The molecule has 25 heavy (non-hydrogen) atoms. The SMILES string of the molecule is CCCS(=O)(=O)NCC(C)(F)c1ccc(NC(=O)c2[c]ccs2)cc1. The average Bonchev–Trinajstić information content (AvgIpc) is 3.08. The van der Waals surface area contributed by atoms with Crippen LogP contribution in [0.3, 0.4) is 0 Å². The van der Waals surface area contributed by atoms with Gasteiger partial charge in [-0.1, -0.05) is 19.1 Å².